The van der Waals surface area contributed by atoms with Crippen LogP contribution in [0.3, 0.4) is 0 Å². The molecule has 2 amide bonds. The number of hydrogen-bond donors (Lipinski definition) is 1. The molecule has 5 rings (SSSR count). The lowest BCUT2D eigenvalue weighted by Crippen LogP contribution is -2.70. The van der Waals surface area contributed by atoms with Gasteiger partial charge in [-0.1, -0.05) is 26.0 Å². The molecule has 146 valence electrons. The third-order valence-electron chi connectivity index (χ3n) is 5.98. The fraction of sp³-hybridized carbons (Fsp3) is 0.391. The quantitative estimate of drug-likeness (QED) is 0.888. The van der Waals surface area contributed by atoms with Crippen molar-refractivity contribution in [2.24, 2.45) is 0 Å². The van der Waals surface area contributed by atoms with Crippen LogP contribution in [0.25, 0.3) is 0 Å². The van der Waals surface area contributed by atoms with Crippen molar-refractivity contribution >= 4 is 11.8 Å². The molecule has 28 heavy (non-hydrogen) atoms. The van der Waals surface area contributed by atoms with Crippen LogP contribution in [-0.2, 0) is 0 Å². The number of piperidine rings is 1. The van der Waals surface area contributed by atoms with Crippen LogP contribution in [0.15, 0.2) is 42.5 Å². The smallest absolute Gasteiger partial charge is 0.254 e. The Balaban J connectivity index is 1.44. The molecule has 2 atom stereocenters. The summed E-state index contributed by atoms with van der Waals surface area (Å²) in [5.41, 5.74) is 3.21. The van der Waals surface area contributed by atoms with Gasteiger partial charge in [0.15, 0.2) is 0 Å². The van der Waals surface area contributed by atoms with E-state index in [4.69, 9.17) is 0 Å². The van der Waals surface area contributed by atoms with Crippen LogP contribution < -0.4 is 0 Å². The van der Waals surface area contributed by atoms with E-state index >= 15 is 0 Å². The van der Waals surface area contributed by atoms with Gasteiger partial charge in [-0.15, -0.1) is 0 Å². The maximum atomic E-state index is 12.9. The summed E-state index contributed by atoms with van der Waals surface area (Å²) >= 11 is 0. The van der Waals surface area contributed by atoms with Crippen LogP contribution >= 0.6 is 0 Å². The fourth-order valence-electron chi connectivity index (χ4n) is 4.24. The second-order valence-corrected chi connectivity index (χ2v) is 8.24. The van der Waals surface area contributed by atoms with Gasteiger partial charge in [-0.3, -0.25) is 9.59 Å². The SMILES string of the molecule is Cc1cc(C(=O)N2CC3CC(C2)N3C(=O)c2ccc(C(C)C)cc2)ccc1O. The molecule has 3 aliphatic heterocycles. The lowest BCUT2D eigenvalue weighted by molar-refractivity contribution is -0.0397. The number of phenolic OH excluding ortho intramolecular Hbond substituents is 1. The summed E-state index contributed by atoms with van der Waals surface area (Å²) in [6, 6.07) is 13.0. The van der Waals surface area contributed by atoms with Crippen LogP contribution in [0.1, 0.15) is 58.0 Å². The van der Waals surface area contributed by atoms with E-state index in [0.717, 1.165) is 6.42 Å². The average molecular weight is 378 g/mol. The number of fused-ring (bicyclic) bond motifs is 2. The predicted molar refractivity (Wildman–Crippen MR) is 108 cm³/mol. The first-order valence-electron chi connectivity index (χ1n) is 9.86. The molecule has 1 N–H and O–H groups in total. The summed E-state index contributed by atoms with van der Waals surface area (Å²) in [6.07, 6.45) is 0.953. The van der Waals surface area contributed by atoms with E-state index in [0.29, 0.717) is 35.7 Å². The summed E-state index contributed by atoms with van der Waals surface area (Å²) in [5, 5.41) is 9.67. The van der Waals surface area contributed by atoms with Gasteiger partial charge in [0.05, 0.1) is 12.1 Å². The molecule has 0 spiro atoms. The van der Waals surface area contributed by atoms with E-state index in [1.165, 1.54) is 5.56 Å². The van der Waals surface area contributed by atoms with Crippen molar-refractivity contribution in [2.75, 3.05) is 13.1 Å². The molecule has 0 aromatic heterocycles. The number of amides is 2. The van der Waals surface area contributed by atoms with Crippen molar-refractivity contribution in [2.45, 2.75) is 45.2 Å². The summed E-state index contributed by atoms with van der Waals surface area (Å²) < 4.78 is 0. The highest BCUT2D eigenvalue weighted by molar-refractivity contribution is 5.97. The van der Waals surface area contributed by atoms with E-state index in [2.05, 4.69) is 13.8 Å². The number of rotatable bonds is 3. The standard InChI is InChI=1S/C23H26N2O3/c1-14(2)16-4-6-17(7-5-16)23(28)25-19-11-20(25)13-24(12-19)22(27)18-8-9-21(26)15(3)10-18/h4-10,14,19-20,26H,11-13H2,1-3H3. The Hall–Kier alpha value is -2.82. The van der Waals surface area contributed by atoms with E-state index in [1.54, 1.807) is 25.1 Å². The third-order valence-corrected chi connectivity index (χ3v) is 5.98. The van der Waals surface area contributed by atoms with Gasteiger partial charge in [0.25, 0.3) is 11.8 Å². The van der Waals surface area contributed by atoms with E-state index in [1.807, 2.05) is 34.1 Å². The number of aryl methyl sites for hydroxylation is 1. The van der Waals surface area contributed by atoms with Crippen molar-refractivity contribution in [1.82, 2.24) is 9.80 Å². The van der Waals surface area contributed by atoms with Crippen molar-refractivity contribution in [3.05, 3.63) is 64.7 Å². The first kappa shape index (κ1) is 18.5. The summed E-state index contributed by atoms with van der Waals surface area (Å²) in [6.45, 7) is 7.18. The van der Waals surface area contributed by atoms with Crippen molar-refractivity contribution in [3.63, 3.8) is 0 Å². The molecule has 0 aliphatic carbocycles. The fourth-order valence-corrected chi connectivity index (χ4v) is 4.24. The molecular formula is C23H26N2O3. The second kappa shape index (κ2) is 6.97. The molecule has 3 fully saturated rings. The van der Waals surface area contributed by atoms with Crippen LogP contribution in [0.5, 0.6) is 5.75 Å². The molecule has 5 nitrogen and oxygen atoms in total. The minimum atomic E-state index is -0.0359. The molecule has 0 saturated carbocycles. The minimum absolute atomic E-state index is 0.0359. The first-order valence-corrected chi connectivity index (χ1v) is 9.86. The number of piperazine rings is 1. The van der Waals surface area contributed by atoms with Crippen LogP contribution in [0.2, 0.25) is 0 Å². The van der Waals surface area contributed by atoms with Crippen LogP contribution in [0.4, 0.5) is 0 Å². The number of aromatic hydroxyl groups is 1. The molecule has 3 saturated heterocycles. The van der Waals surface area contributed by atoms with Crippen molar-refractivity contribution in [3.8, 4) is 5.75 Å². The van der Waals surface area contributed by atoms with Gasteiger partial charge >= 0.3 is 0 Å². The van der Waals surface area contributed by atoms with Gasteiger partial charge in [0.1, 0.15) is 5.75 Å². The Kier molecular flexibility index (Phi) is 4.61. The van der Waals surface area contributed by atoms with Gasteiger partial charge < -0.3 is 14.9 Å². The molecule has 2 bridgehead atoms. The largest absolute Gasteiger partial charge is 0.508 e. The maximum Gasteiger partial charge on any atom is 0.254 e. The number of carbonyl (C=O) groups excluding carboxylic acids is 2. The predicted octanol–water partition coefficient (Wildman–Crippen LogP) is 3.56. The molecule has 2 aromatic carbocycles. The zero-order valence-corrected chi connectivity index (χ0v) is 16.6. The molecule has 5 heteroatoms. The first-order chi connectivity index (χ1) is 13.3. The number of hydrogen-bond acceptors (Lipinski definition) is 3. The van der Waals surface area contributed by atoms with Crippen LogP contribution in [0, 0.1) is 6.92 Å². The topological polar surface area (TPSA) is 60.9 Å². The van der Waals surface area contributed by atoms with Gasteiger partial charge in [-0.2, -0.15) is 0 Å². The normalized spacial score (nSPS) is 20.9. The summed E-state index contributed by atoms with van der Waals surface area (Å²) in [7, 11) is 0. The Morgan fingerprint density at radius 3 is 2.14 bits per heavy atom. The molecule has 3 heterocycles. The average Bonchev–Trinajstić information content (AvgIpc) is 2.69. The molecular weight excluding hydrogens is 352 g/mol. The number of benzene rings is 2. The van der Waals surface area contributed by atoms with E-state index in [9.17, 15) is 14.7 Å². The second-order valence-electron chi connectivity index (χ2n) is 8.24. The zero-order chi connectivity index (χ0) is 20.0. The lowest BCUT2D eigenvalue weighted by Gasteiger charge is -2.56. The Bertz CT molecular complexity index is 908. The third kappa shape index (κ3) is 3.15. The number of nitrogens with zero attached hydrogens (tertiary/aromatic N) is 2. The Morgan fingerprint density at radius 1 is 0.964 bits per heavy atom. The minimum Gasteiger partial charge on any atom is -0.508 e. The highest BCUT2D eigenvalue weighted by atomic mass is 16.3. The highest BCUT2D eigenvalue weighted by Crippen LogP contribution is 2.34. The molecule has 3 aliphatic rings. The highest BCUT2D eigenvalue weighted by Gasteiger charge is 2.48. The van der Waals surface area contributed by atoms with Crippen molar-refractivity contribution < 1.29 is 14.7 Å². The maximum absolute atomic E-state index is 12.9. The van der Waals surface area contributed by atoms with Gasteiger partial charge in [0.2, 0.25) is 0 Å². The summed E-state index contributed by atoms with van der Waals surface area (Å²) in [5.74, 6) is 0.657. The van der Waals surface area contributed by atoms with Crippen LogP contribution in [-0.4, -0.2) is 51.9 Å². The van der Waals surface area contributed by atoms with E-state index < -0.39 is 0 Å². The Morgan fingerprint density at radius 2 is 1.57 bits per heavy atom. The van der Waals surface area contributed by atoms with Gasteiger partial charge in [-0.25, -0.2) is 0 Å². The number of phenols is 1. The van der Waals surface area contributed by atoms with E-state index in [-0.39, 0.29) is 29.6 Å². The van der Waals surface area contributed by atoms with Gasteiger partial charge in [-0.05, 0) is 60.7 Å². The molecule has 2 unspecified atom stereocenters. The zero-order valence-electron chi connectivity index (χ0n) is 16.6. The molecule has 2 aromatic rings. The Labute approximate surface area is 165 Å². The van der Waals surface area contributed by atoms with Crippen molar-refractivity contribution in [1.29, 1.82) is 0 Å². The summed E-state index contributed by atoms with van der Waals surface area (Å²) in [4.78, 5) is 29.5. The number of carbonyl (C=O) groups is 2. The lowest BCUT2D eigenvalue weighted by atomic mass is 9.86. The van der Waals surface area contributed by atoms with Gasteiger partial charge in [0, 0.05) is 24.2 Å². The molecule has 0 radical (unpaired) electrons. The monoisotopic (exact) mass is 378 g/mol.